The van der Waals surface area contributed by atoms with Crippen LogP contribution in [0, 0.1) is 6.92 Å². The van der Waals surface area contributed by atoms with Crippen LogP contribution in [0.5, 0.6) is 0 Å². The lowest BCUT2D eigenvalue weighted by Crippen LogP contribution is -2.44. The maximum atomic E-state index is 2.52. The van der Waals surface area contributed by atoms with Gasteiger partial charge in [0, 0.05) is 31.9 Å². The van der Waals surface area contributed by atoms with Crippen molar-refractivity contribution in [2.75, 3.05) is 38.1 Å². The number of nitrogens with zero attached hydrogens (tertiary/aromatic N) is 2. The molecule has 1 aliphatic heterocycles. The minimum Gasteiger partial charge on any atom is -0.369 e. The van der Waals surface area contributed by atoms with Crippen molar-refractivity contribution in [1.82, 2.24) is 4.90 Å². The van der Waals surface area contributed by atoms with E-state index in [1.54, 1.807) is 0 Å². The minimum absolute atomic E-state index is 1.13. The third-order valence-corrected chi connectivity index (χ3v) is 4.01. The molecule has 94 valence electrons. The lowest BCUT2D eigenvalue weighted by molar-refractivity contribution is 0.313. The van der Waals surface area contributed by atoms with Crippen molar-refractivity contribution in [3.8, 4) is 0 Å². The topological polar surface area (TPSA) is 6.48 Å². The Morgan fingerprint density at radius 2 is 1.61 bits per heavy atom. The molecule has 0 aromatic heterocycles. The van der Waals surface area contributed by atoms with Crippen molar-refractivity contribution >= 4 is 16.5 Å². The highest BCUT2D eigenvalue weighted by Gasteiger charge is 2.16. The Hall–Kier alpha value is -1.54. The zero-order chi connectivity index (χ0) is 12.5. The Morgan fingerprint density at radius 1 is 0.889 bits per heavy atom. The summed E-state index contributed by atoms with van der Waals surface area (Å²) in [6.45, 7) is 6.83. The third kappa shape index (κ3) is 1.97. The van der Waals surface area contributed by atoms with E-state index in [9.17, 15) is 0 Å². The molecule has 1 fully saturated rings. The molecule has 2 aromatic rings. The summed E-state index contributed by atoms with van der Waals surface area (Å²) >= 11 is 0. The second-order valence-electron chi connectivity index (χ2n) is 5.22. The Balaban J connectivity index is 1.99. The molecule has 0 bridgehead atoms. The normalized spacial score (nSPS) is 17.3. The maximum Gasteiger partial charge on any atom is 0.0403 e. The van der Waals surface area contributed by atoms with Gasteiger partial charge < -0.3 is 9.80 Å². The quantitative estimate of drug-likeness (QED) is 0.756. The molecule has 0 radical (unpaired) electrons. The Bertz CT molecular complexity index is 554. The first-order valence-electron chi connectivity index (χ1n) is 6.67. The van der Waals surface area contributed by atoms with Gasteiger partial charge in [0.25, 0.3) is 0 Å². The SMILES string of the molecule is Cc1c(N2CCN(C)CC2)ccc2ccccc12. The lowest BCUT2D eigenvalue weighted by Gasteiger charge is -2.35. The molecule has 1 saturated heterocycles. The van der Waals surface area contributed by atoms with E-state index in [1.807, 2.05) is 0 Å². The van der Waals surface area contributed by atoms with Gasteiger partial charge in [-0.3, -0.25) is 0 Å². The summed E-state index contributed by atoms with van der Waals surface area (Å²) in [6, 6.07) is 13.2. The van der Waals surface area contributed by atoms with Gasteiger partial charge in [0.05, 0.1) is 0 Å². The molecule has 1 aliphatic rings. The monoisotopic (exact) mass is 240 g/mol. The van der Waals surface area contributed by atoms with Crippen molar-refractivity contribution in [3.63, 3.8) is 0 Å². The highest BCUT2D eigenvalue weighted by atomic mass is 15.2. The molecule has 0 atom stereocenters. The van der Waals surface area contributed by atoms with Crippen molar-refractivity contribution < 1.29 is 0 Å². The molecule has 0 N–H and O–H groups in total. The first-order valence-corrected chi connectivity index (χ1v) is 6.67. The first kappa shape index (κ1) is 11.5. The number of likely N-dealkylation sites (N-methyl/N-ethyl adjacent to an activating group) is 1. The van der Waals surface area contributed by atoms with Gasteiger partial charge in [0.15, 0.2) is 0 Å². The van der Waals surface area contributed by atoms with Gasteiger partial charge in [0.1, 0.15) is 0 Å². The molecule has 0 amide bonds. The largest absolute Gasteiger partial charge is 0.369 e. The number of aryl methyl sites for hydroxylation is 1. The van der Waals surface area contributed by atoms with Crippen LogP contribution in [0.3, 0.4) is 0 Å². The predicted octanol–water partition coefficient (Wildman–Crippen LogP) is 2.90. The average molecular weight is 240 g/mol. The molecular weight excluding hydrogens is 220 g/mol. The fourth-order valence-corrected chi connectivity index (χ4v) is 2.81. The lowest BCUT2D eigenvalue weighted by atomic mass is 10.0. The summed E-state index contributed by atoms with van der Waals surface area (Å²) in [7, 11) is 2.20. The zero-order valence-corrected chi connectivity index (χ0v) is 11.2. The van der Waals surface area contributed by atoms with Gasteiger partial charge in [-0.1, -0.05) is 30.3 Å². The van der Waals surface area contributed by atoms with Crippen LogP contribution in [0.25, 0.3) is 10.8 Å². The number of anilines is 1. The molecule has 2 aromatic carbocycles. The van der Waals surface area contributed by atoms with Crippen LogP contribution in [0.4, 0.5) is 5.69 Å². The Morgan fingerprint density at radius 3 is 2.39 bits per heavy atom. The van der Waals surface area contributed by atoms with Gasteiger partial charge in [-0.2, -0.15) is 0 Å². The summed E-state index contributed by atoms with van der Waals surface area (Å²) in [5, 5.41) is 2.72. The summed E-state index contributed by atoms with van der Waals surface area (Å²) in [5.74, 6) is 0. The molecule has 1 heterocycles. The van der Waals surface area contributed by atoms with Crippen LogP contribution in [0.15, 0.2) is 36.4 Å². The van der Waals surface area contributed by atoms with E-state index in [0.717, 1.165) is 26.2 Å². The summed E-state index contributed by atoms with van der Waals surface area (Å²) in [6.07, 6.45) is 0. The minimum atomic E-state index is 1.13. The molecule has 0 spiro atoms. The van der Waals surface area contributed by atoms with Crippen LogP contribution in [0.1, 0.15) is 5.56 Å². The van der Waals surface area contributed by atoms with Gasteiger partial charge in [-0.05, 0) is 36.4 Å². The van der Waals surface area contributed by atoms with Crippen LogP contribution >= 0.6 is 0 Å². The standard InChI is InChI=1S/C16H20N2/c1-13-15-6-4-3-5-14(15)7-8-16(13)18-11-9-17(2)10-12-18/h3-8H,9-12H2,1-2H3. The highest BCUT2D eigenvalue weighted by molar-refractivity contribution is 5.90. The summed E-state index contributed by atoms with van der Waals surface area (Å²) in [5.41, 5.74) is 2.82. The molecule has 2 heteroatoms. The molecule has 3 rings (SSSR count). The zero-order valence-electron chi connectivity index (χ0n) is 11.2. The van der Waals surface area contributed by atoms with Crippen molar-refractivity contribution in [2.45, 2.75) is 6.92 Å². The Labute approximate surface area is 109 Å². The molecule has 18 heavy (non-hydrogen) atoms. The number of benzene rings is 2. The first-order chi connectivity index (χ1) is 8.75. The predicted molar refractivity (Wildman–Crippen MR) is 78.4 cm³/mol. The van der Waals surface area contributed by atoms with Gasteiger partial charge >= 0.3 is 0 Å². The van der Waals surface area contributed by atoms with E-state index in [4.69, 9.17) is 0 Å². The Kier molecular flexibility index (Phi) is 2.96. The summed E-state index contributed by atoms with van der Waals surface area (Å²) in [4.78, 5) is 4.91. The highest BCUT2D eigenvalue weighted by Crippen LogP contribution is 2.28. The fraction of sp³-hybridized carbons (Fsp3) is 0.375. The molecule has 2 nitrogen and oxygen atoms in total. The van der Waals surface area contributed by atoms with Crippen LogP contribution in [-0.4, -0.2) is 38.1 Å². The van der Waals surface area contributed by atoms with Crippen molar-refractivity contribution in [3.05, 3.63) is 42.0 Å². The average Bonchev–Trinajstić information content (AvgIpc) is 2.41. The molecule has 0 saturated carbocycles. The number of hydrogen-bond acceptors (Lipinski definition) is 2. The van der Waals surface area contributed by atoms with Gasteiger partial charge in [-0.25, -0.2) is 0 Å². The molecule has 0 aliphatic carbocycles. The number of piperazine rings is 1. The summed E-state index contributed by atoms with van der Waals surface area (Å²) < 4.78 is 0. The van der Waals surface area contributed by atoms with E-state index >= 15 is 0 Å². The van der Waals surface area contributed by atoms with Gasteiger partial charge in [-0.15, -0.1) is 0 Å². The van der Waals surface area contributed by atoms with Crippen molar-refractivity contribution in [2.24, 2.45) is 0 Å². The number of rotatable bonds is 1. The molecular formula is C16H20N2. The maximum absolute atomic E-state index is 2.52. The van der Waals surface area contributed by atoms with Crippen LogP contribution < -0.4 is 4.90 Å². The van der Waals surface area contributed by atoms with E-state index in [-0.39, 0.29) is 0 Å². The van der Waals surface area contributed by atoms with E-state index in [2.05, 4.69) is 60.2 Å². The van der Waals surface area contributed by atoms with Crippen molar-refractivity contribution in [1.29, 1.82) is 0 Å². The molecule has 0 unspecified atom stereocenters. The van der Waals surface area contributed by atoms with E-state index < -0.39 is 0 Å². The second-order valence-corrected chi connectivity index (χ2v) is 5.22. The van der Waals surface area contributed by atoms with Gasteiger partial charge in [0.2, 0.25) is 0 Å². The van der Waals surface area contributed by atoms with Crippen LogP contribution in [-0.2, 0) is 0 Å². The number of hydrogen-bond donors (Lipinski definition) is 0. The second kappa shape index (κ2) is 4.62. The van der Waals surface area contributed by atoms with Crippen LogP contribution in [0.2, 0.25) is 0 Å². The smallest absolute Gasteiger partial charge is 0.0403 e. The third-order valence-electron chi connectivity index (χ3n) is 4.01. The fourth-order valence-electron chi connectivity index (χ4n) is 2.81. The van der Waals surface area contributed by atoms with E-state index in [0.29, 0.717) is 0 Å². The van der Waals surface area contributed by atoms with E-state index in [1.165, 1.54) is 22.0 Å². The number of fused-ring (bicyclic) bond motifs is 1.